The molecule has 0 radical (unpaired) electrons. The zero-order valence-corrected chi connectivity index (χ0v) is 66.5. The van der Waals surface area contributed by atoms with Gasteiger partial charge in [0, 0.05) is 99.7 Å². The van der Waals surface area contributed by atoms with Crippen molar-refractivity contribution < 1.29 is 99.4 Å². The molecule has 111 heavy (non-hydrogen) atoms. The first-order valence-corrected chi connectivity index (χ1v) is 38.3. The molecule has 2 bridgehead atoms. The van der Waals surface area contributed by atoms with E-state index in [1.54, 1.807) is 32.9 Å². The maximum absolute atomic E-state index is 15.9. The summed E-state index contributed by atoms with van der Waals surface area (Å²) >= 11 is 0. The fourth-order valence-electron chi connectivity index (χ4n) is 17.0. The van der Waals surface area contributed by atoms with Crippen LogP contribution in [0.15, 0.2) is 54.6 Å². The average molecular weight is 1560 g/mol. The highest BCUT2D eigenvalue weighted by Gasteiger charge is 2.60. The number of benzene rings is 2. The van der Waals surface area contributed by atoms with E-state index in [-0.39, 0.29) is 105 Å². The molecule has 3 aliphatic carbocycles. The first-order valence-electron chi connectivity index (χ1n) is 38.3. The number of methoxy groups -OCH3 is 1. The van der Waals surface area contributed by atoms with Gasteiger partial charge in [-0.25, -0.2) is 4.79 Å². The highest BCUT2D eigenvalue weighted by Crippen LogP contribution is 2.52. The number of nitrogens with one attached hydrogen (secondary N) is 1. The molecule has 2 unspecified atom stereocenters. The number of carbonyl (C=O) groups excluding carboxylic acids is 15. The van der Waals surface area contributed by atoms with Gasteiger partial charge in [0.05, 0.1) is 67.2 Å². The van der Waals surface area contributed by atoms with Gasteiger partial charge < -0.3 is 58.8 Å². The molecule has 3 saturated carbocycles. The third-order valence-corrected chi connectivity index (χ3v) is 23.6. The number of hydrogen-bond acceptors (Lipinski definition) is 18. The molecule has 3 aliphatic heterocycles. The van der Waals surface area contributed by atoms with Crippen molar-refractivity contribution in [2.75, 3.05) is 95.8 Å². The third-order valence-electron chi connectivity index (χ3n) is 23.6. The standard InChI is InChI=1S/C80H109F3N10O18/c1-16-85(8)73(104)58-40-63(95)90(13)60(43-110-17-2)75(106)88(11)48(5)70(101)87(10)42-64(96)89(12)57-29-19-18-24-35-92(76(57)107)59(41-65(97)111-93-71(102)51-27-22-23-28-52(51)72(93)103)74(105)86(9)36-34-61(94)53(32-30-49-31-33-56(80(81,82)83)62(39-49)109-15)67(98)54-37-46(3)38-55(54)69(100)84-79(44-78(6,7)45-79)68(99)47(4)66(77(108)91(58)14)50-25-20-21-26-50/h18-19,22-23,27-28,31,33,39,46-48,50,53-55,57-60,66H,16-17,20-21,24-26,29-30,32,34-38,40-45H2,1-15H3,(H,84,100)/b19-18-/t46-,47?,48+,53-,54?,55-,57+,58+,59+,60+,66-/m1/s1. The van der Waals surface area contributed by atoms with Crippen LogP contribution in [-0.2, 0) is 84.5 Å². The number of fused-ring (bicyclic) bond motifs is 4. The van der Waals surface area contributed by atoms with Crippen molar-refractivity contribution in [2.45, 2.75) is 187 Å². The predicted molar refractivity (Wildman–Crippen MR) is 396 cm³/mol. The van der Waals surface area contributed by atoms with Gasteiger partial charge in [-0.1, -0.05) is 76.0 Å². The Morgan fingerprint density at radius 3 is 1.94 bits per heavy atom. The number of ketones is 3. The van der Waals surface area contributed by atoms with Gasteiger partial charge in [-0.05, 0) is 132 Å². The Morgan fingerprint density at radius 2 is 1.34 bits per heavy atom. The number of likely N-dealkylation sites (N-methyl/N-ethyl adjacent to an activating group) is 7. The van der Waals surface area contributed by atoms with Gasteiger partial charge in [-0.15, -0.1) is 0 Å². The van der Waals surface area contributed by atoms with Crippen LogP contribution in [0, 0.1) is 46.8 Å². The Balaban J connectivity index is 1.22. The van der Waals surface area contributed by atoms with E-state index in [1.165, 1.54) is 96.4 Å². The summed E-state index contributed by atoms with van der Waals surface area (Å²) < 4.78 is 53.6. The lowest BCUT2D eigenvalue weighted by molar-refractivity contribution is -0.172. The van der Waals surface area contributed by atoms with E-state index in [0.717, 1.165) is 48.6 Å². The van der Waals surface area contributed by atoms with Gasteiger partial charge >= 0.3 is 12.1 Å². The minimum absolute atomic E-state index is 0.0735. The number of imide groups is 1. The number of ether oxygens (including phenoxy) is 2. The van der Waals surface area contributed by atoms with Crippen LogP contribution in [0.1, 0.15) is 170 Å². The molecule has 1 N–H and O–H groups in total. The SMILES string of the molecule is CCOC[C@H]1C(=O)N(C)[C@@H](C)C(=O)N(C)CC(=O)N(C)[C@H]2C/C=C\CCN(C2=O)[C@@H](CC(=O)ON2C(=O)c3ccccc3C2=O)C(=O)N(C)CCC(=O)[C@@H](CCc2ccc(C(F)(F)F)c(OC)c2)C(=O)C2C[C@@H](C)C[C@H]2C(=O)NC2(CC(C)(C)C2)C(=O)C(C)[C@H](C2CCCC2)C(=O)N(C)[C@H](C(=O)N(C)CC)CC(=O)N1C. The topological polar surface area (TPSA) is 325 Å². The molecule has 4 fully saturated rings. The number of rotatable bonds is 13. The third kappa shape index (κ3) is 19.4. The van der Waals surface area contributed by atoms with Crippen molar-refractivity contribution in [1.82, 2.24) is 49.6 Å². The van der Waals surface area contributed by atoms with Gasteiger partial charge in [0.2, 0.25) is 53.2 Å². The summed E-state index contributed by atoms with van der Waals surface area (Å²) in [7, 11) is 10.4. The number of hydroxylamine groups is 2. The average Bonchev–Trinajstić information content (AvgIpc) is 1.66. The number of halogens is 3. The molecule has 8 rings (SSSR count). The summed E-state index contributed by atoms with van der Waals surface area (Å²) in [6.45, 7) is 10.4. The molecular formula is C80H109F3N10O18. The van der Waals surface area contributed by atoms with Crippen molar-refractivity contribution in [2.24, 2.45) is 46.8 Å². The Morgan fingerprint density at radius 1 is 0.712 bits per heavy atom. The van der Waals surface area contributed by atoms with Crippen LogP contribution in [0.5, 0.6) is 5.75 Å². The Hall–Kier alpha value is -9.42. The second kappa shape index (κ2) is 36.4. The van der Waals surface area contributed by atoms with Crippen LogP contribution < -0.4 is 10.1 Å². The van der Waals surface area contributed by atoms with Crippen molar-refractivity contribution in [3.05, 3.63) is 76.9 Å². The van der Waals surface area contributed by atoms with Crippen LogP contribution in [0.4, 0.5) is 13.2 Å². The van der Waals surface area contributed by atoms with Gasteiger partial charge in [-0.3, -0.25) is 67.1 Å². The first kappa shape index (κ1) is 87.2. The molecular weight excluding hydrogens is 1450 g/mol. The lowest BCUT2D eigenvalue weighted by Gasteiger charge is -2.54. The van der Waals surface area contributed by atoms with Crippen LogP contribution in [-0.4, -0.2) is 264 Å². The maximum atomic E-state index is 15.9. The first-order chi connectivity index (χ1) is 52.1. The fraction of sp³-hybridized carbons (Fsp3) is 0.637. The maximum Gasteiger partial charge on any atom is 0.419 e. The molecule has 1 spiro atoms. The van der Waals surface area contributed by atoms with Crippen LogP contribution in [0.25, 0.3) is 0 Å². The quantitative estimate of drug-likeness (QED) is 0.137. The van der Waals surface area contributed by atoms with E-state index in [4.69, 9.17) is 14.3 Å². The number of nitrogens with zero attached hydrogens (tertiary/aromatic N) is 9. The Labute approximate surface area is 646 Å². The summed E-state index contributed by atoms with van der Waals surface area (Å²) in [5.41, 5.74) is -3.15. The predicted octanol–water partition coefficient (Wildman–Crippen LogP) is 5.99. The lowest BCUT2D eigenvalue weighted by Crippen LogP contribution is -2.68. The summed E-state index contributed by atoms with van der Waals surface area (Å²) in [5.74, 6) is -19.6. The molecule has 31 heteroatoms. The smallest absolute Gasteiger partial charge is 0.419 e. The Kier molecular flexibility index (Phi) is 28.6. The van der Waals surface area contributed by atoms with Crippen LogP contribution in [0.3, 0.4) is 0 Å². The molecule has 11 amide bonds. The zero-order valence-electron chi connectivity index (χ0n) is 66.5. The van der Waals surface area contributed by atoms with Crippen molar-refractivity contribution >= 4 is 88.3 Å². The monoisotopic (exact) mass is 1550 g/mol. The molecule has 11 atom stereocenters. The summed E-state index contributed by atoms with van der Waals surface area (Å²) in [6, 6.07) is 1.20. The van der Waals surface area contributed by atoms with Crippen LogP contribution >= 0.6 is 0 Å². The lowest BCUT2D eigenvalue weighted by atomic mass is 9.55. The van der Waals surface area contributed by atoms with E-state index in [0.29, 0.717) is 25.7 Å². The van der Waals surface area contributed by atoms with E-state index < -0.39 is 215 Å². The van der Waals surface area contributed by atoms with Crippen molar-refractivity contribution in [3.63, 3.8) is 0 Å². The van der Waals surface area contributed by atoms with Gasteiger partial charge in [0.15, 0.2) is 5.78 Å². The number of hydrogen-bond donors (Lipinski definition) is 1. The highest BCUT2D eigenvalue weighted by atomic mass is 19.4. The summed E-state index contributed by atoms with van der Waals surface area (Å²) in [4.78, 5) is 238. The van der Waals surface area contributed by atoms with Crippen LogP contribution in [0.2, 0.25) is 0 Å². The van der Waals surface area contributed by atoms with Gasteiger partial charge in [0.1, 0.15) is 47.5 Å². The molecule has 2 aromatic carbocycles. The number of alkyl halides is 3. The number of amides is 11. The number of Topliss-reactive ketones (excluding diaryl/α,β-unsaturated/α-hetero) is 3. The largest absolute Gasteiger partial charge is 0.496 e. The van der Waals surface area contributed by atoms with E-state index in [1.807, 2.05) is 20.8 Å². The minimum Gasteiger partial charge on any atom is -0.496 e. The fourth-order valence-corrected chi connectivity index (χ4v) is 17.0. The van der Waals surface area contributed by atoms with E-state index in [2.05, 4.69) is 5.32 Å². The molecule has 1 saturated heterocycles. The second-order valence-electron chi connectivity index (χ2n) is 31.8. The van der Waals surface area contributed by atoms with Crippen molar-refractivity contribution in [3.8, 4) is 5.75 Å². The van der Waals surface area contributed by atoms with Gasteiger partial charge in [0.25, 0.3) is 11.8 Å². The molecule has 2 aromatic rings. The summed E-state index contributed by atoms with van der Waals surface area (Å²) in [6.07, 6.45) is -1.51. The molecule has 28 nitrogen and oxygen atoms in total. The van der Waals surface area contributed by atoms with E-state index >= 15 is 33.6 Å². The Bertz CT molecular complexity index is 3910. The molecule has 6 aliphatic rings. The van der Waals surface area contributed by atoms with Crippen molar-refractivity contribution in [1.29, 1.82) is 0 Å². The van der Waals surface area contributed by atoms with E-state index in [9.17, 15) is 51.5 Å². The molecule has 608 valence electrons. The second-order valence-corrected chi connectivity index (χ2v) is 31.8. The molecule has 0 aromatic heterocycles. The normalized spacial score (nSPS) is 27.6. The summed E-state index contributed by atoms with van der Waals surface area (Å²) in [5, 5.41) is 3.33. The van der Waals surface area contributed by atoms with Gasteiger partial charge in [-0.2, -0.15) is 13.2 Å². The highest BCUT2D eigenvalue weighted by molar-refractivity contribution is 6.21. The molecule has 3 heterocycles. The zero-order chi connectivity index (χ0) is 82.2. The number of carbonyl (C=O) groups is 15. The minimum atomic E-state index is -4.82. The number of aryl methyl sites for hydroxylation is 1.